The van der Waals surface area contributed by atoms with Gasteiger partial charge in [0.2, 0.25) is 0 Å². The first-order valence-electron chi connectivity index (χ1n) is 6.84. The average molecular weight is 246 g/mol. The molecule has 0 saturated heterocycles. The van der Waals surface area contributed by atoms with Gasteiger partial charge in [0.25, 0.3) is 0 Å². The van der Waals surface area contributed by atoms with Crippen molar-refractivity contribution in [3.63, 3.8) is 0 Å². The molecule has 1 aliphatic rings. The third-order valence-corrected chi connectivity index (χ3v) is 4.00. The Kier molecular flexibility index (Phi) is 4.18. The van der Waals surface area contributed by atoms with E-state index in [0.29, 0.717) is 0 Å². The Balaban J connectivity index is 2.28. The second-order valence-corrected chi connectivity index (χ2v) is 5.31. The van der Waals surface area contributed by atoms with Crippen LogP contribution >= 0.6 is 0 Å². The van der Waals surface area contributed by atoms with Crippen LogP contribution in [-0.4, -0.2) is 18.5 Å². The summed E-state index contributed by atoms with van der Waals surface area (Å²) >= 11 is 0. The summed E-state index contributed by atoms with van der Waals surface area (Å²) in [5.41, 5.74) is 1.34. The van der Waals surface area contributed by atoms with Crippen molar-refractivity contribution in [1.29, 1.82) is 0 Å². The molecule has 98 valence electrons. The van der Waals surface area contributed by atoms with Gasteiger partial charge in [-0.25, -0.2) is 0 Å². The van der Waals surface area contributed by atoms with Crippen molar-refractivity contribution < 1.29 is 9.53 Å². The lowest BCUT2D eigenvalue weighted by atomic mass is 9.85. The molecule has 0 N–H and O–H groups in total. The fraction of sp³-hybridized carbons (Fsp3) is 0.562. The molecule has 0 atom stereocenters. The minimum Gasteiger partial charge on any atom is -0.370 e. The third kappa shape index (κ3) is 2.64. The van der Waals surface area contributed by atoms with E-state index in [9.17, 15) is 4.79 Å². The van der Waals surface area contributed by atoms with Crippen LogP contribution in [0.1, 0.15) is 54.4 Å². The zero-order valence-electron chi connectivity index (χ0n) is 11.4. The van der Waals surface area contributed by atoms with Gasteiger partial charge in [0.1, 0.15) is 5.60 Å². The topological polar surface area (TPSA) is 26.3 Å². The molecular formula is C16H22O2. The van der Waals surface area contributed by atoms with Gasteiger partial charge in [0.05, 0.1) is 0 Å². The summed E-state index contributed by atoms with van der Waals surface area (Å²) in [6.45, 7) is 2.02. The molecule has 2 nitrogen and oxygen atoms in total. The molecule has 0 spiro atoms. The van der Waals surface area contributed by atoms with Crippen LogP contribution in [0.5, 0.6) is 0 Å². The third-order valence-electron chi connectivity index (χ3n) is 4.00. The summed E-state index contributed by atoms with van der Waals surface area (Å²) in [5.74, 6) is 0.163. The number of hydrogen-bond donors (Lipinski definition) is 0. The highest BCUT2D eigenvalue weighted by Gasteiger charge is 2.38. The quantitative estimate of drug-likeness (QED) is 0.597. The van der Waals surface area contributed by atoms with E-state index in [1.807, 2.05) is 31.2 Å². The van der Waals surface area contributed by atoms with Crippen LogP contribution in [0.4, 0.5) is 0 Å². The number of hydrogen-bond acceptors (Lipinski definition) is 2. The number of rotatable bonds is 3. The highest BCUT2D eigenvalue weighted by molar-refractivity contribution is 6.02. The van der Waals surface area contributed by atoms with Crippen molar-refractivity contribution in [3.05, 3.63) is 35.4 Å². The Labute approximate surface area is 109 Å². The predicted molar refractivity (Wildman–Crippen MR) is 73.0 cm³/mol. The number of carbonyl (C=O) groups is 1. The van der Waals surface area contributed by atoms with Crippen LogP contribution in [0.15, 0.2) is 24.3 Å². The number of methoxy groups -OCH3 is 1. The fourth-order valence-corrected chi connectivity index (χ4v) is 2.87. The highest BCUT2D eigenvalue weighted by atomic mass is 16.5. The molecule has 0 bridgehead atoms. The molecule has 0 amide bonds. The molecule has 1 aromatic rings. The van der Waals surface area contributed by atoms with Crippen LogP contribution in [0.25, 0.3) is 0 Å². The van der Waals surface area contributed by atoms with Crippen LogP contribution in [-0.2, 0) is 4.74 Å². The Morgan fingerprint density at radius 3 is 2.39 bits per heavy atom. The number of benzene rings is 1. The van der Waals surface area contributed by atoms with Crippen molar-refractivity contribution in [2.24, 2.45) is 0 Å². The molecule has 0 aliphatic heterocycles. The minimum absolute atomic E-state index is 0.163. The summed E-state index contributed by atoms with van der Waals surface area (Å²) < 4.78 is 5.67. The van der Waals surface area contributed by atoms with Gasteiger partial charge in [-0.2, -0.15) is 0 Å². The minimum atomic E-state index is -0.579. The number of ether oxygens (including phenoxy) is 1. The van der Waals surface area contributed by atoms with Crippen LogP contribution in [0.2, 0.25) is 0 Å². The second kappa shape index (κ2) is 5.66. The predicted octanol–water partition coefficient (Wildman–Crippen LogP) is 3.92. The van der Waals surface area contributed by atoms with E-state index >= 15 is 0 Å². The number of carbonyl (C=O) groups excluding carboxylic acids is 1. The van der Waals surface area contributed by atoms with Crippen LogP contribution in [0, 0.1) is 6.92 Å². The first-order chi connectivity index (χ1) is 8.68. The van der Waals surface area contributed by atoms with E-state index in [1.54, 1.807) is 7.11 Å². The van der Waals surface area contributed by atoms with E-state index in [1.165, 1.54) is 12.8 Å². The van der Waals surface area contributed by atoms with E-state index in [2.05, 4.69) is 0 Å². The monoisotopic (exact) mass is 246 g/mol. The normalized spacial score (nSPS) is 19.2. The zero-order chi connectivity index (χ0) is 13.0. The van der Waals surface area contributed by atoms with Crippen LogP contribution < -0.4 is 0 Å². The van der Waals surface area contributed by atoms with E-state index in [-0.39, 0.29) is 5.78 Å². The van der Waals surface area contributed by atoms with Gasteiger partial charge >= 0.3 is 0 Å². The van der Waals surface area contributed by atoms with Gasteiger partial charge in [-0.3, -0.25) is 4.79 Å². The lowest BCUT2D eigenvalue weighted by Crippen LogP contribution is -2.40. The maximum absolute atomic E-state index is 12.7. The lowest BCUT2D eigenvalue weighted by molar-refractivity contribution is -0.00692. The van der Waals surface area contributed by atoms with E-state index < -0.39 is 5.60 Å². The molecule has 0 unspecified atom stereocenters. The molecule has 0 aromatic heterocycles. The molecule has 1 aromatic carbocycles. The number of Topliss-reactive ketones (excluding diaryl/α,β-unsaturated/α-hetero) is 1. The van der Waals surface area contributed by atoms with Gasteiger partial charge in [-0.1, -0.05) is 49.4 Å². The van der Waals surface area contributed by atoms with Gasteiger partial charge in [0, 0.05) is 12.7 Å². The van der Waals surface area contributed by atoms with Crippen molar-refractivity contribution in [3.8, 4) is 0 Å². The van der Waals surface area contributed by atoms with Gasteiger partial charge in [-0.05, 0) is 25.8 Å². The lowest BCUT2D eigenvalue weighted by Gasteiger charge is -2.29. The first-order valence-corrected chi connectivity index (χ1v) is 6.84. The first kappa shape index (κ1) is 13.3. The van der Waals surface area contributed by atoms with Crippen molar-refractivity contribution >= 4 is 5.78 Å². The summed E-state index contributed by atoms with van der Waals surface area (Å²) in [6.07, 6.45) is 6.32. The summed E-state index contributed by atoms with van der Waals surface area (Å²) in [6, 6.07) is 7.83. The Hall–Kier alpha value is -1.15. The fourth-order valence-electron chi connectivity index (χ4n) is 2.87. The Bertz CT molecular complexity index is 415. The Morgan fingerprint density at radius 1 is 1.17 bits per heavy atom. The summed E-state index contributed by atoms with van der Waals surface area (Å²) in [5, 5.41) is 0. The maximum Gasteiger partial charge on any atom is 0.194 e. The molecular weight excluding hydrogens is 224 g/mol. The maximum atomic E-state index is 12.7. The number of ketones is 1. The molecule has 18 heavy (non-hydrogen) atoms. The highest BCUT2D eigenvalue weighted by Crippen LogP contribution is 2.33. The molecule has 1 aliphatic carbocycles. The SMILES string of the molecule is COC1(C(=O)c2cccc(C)c2)CCCCCC1. The van der Waals surface area contributed by atoms with E-state index in [0.717, 1.165) is 36.8 Å². The molecule has 1 saturated carbocycles. The largest absolute Gasteiger partial charge is 0.370 e. The molecule has 1 fully saturated rings. The average Bonchev–Trinajstić information content (AvgIpc) is 2.64. The summed E-state index contributed by atoms with van der Waals surface area (Å²) in [7, 11) is 1.68. The molecule has 0 radical (unpaired) electrons. The van der Waals surface area contributed by atoms with Gasteiger partial charge < -0.3 is 4.74 Å². The van der Waals surface area contributed by atoms with Crippen molar-refractivity contribution in [2.75, 3.05) is 7.11 Å². The smallest absolute Gasteiger partial charge is 0.194 e. The Morgan fingerprint density at radius 2 is 1.83 bits per heavy atom. The van der Waals surface area contributed by atoms with Gasteiger partial charge in [-0.15, -0.1) is 0 Å². The van der Waals surface area contributed by atoms with Gasteiger partial charge in [0.15, 0.2) is 5.78 Å². The number of aryl methyl sites for hydroxylation is 1. The standard InChI is InChI=1S/C16H22O2/c1-13-8-7-9-14(12-13)15(17)16(18-2)10-5-3-4-6-11-16/h7-9,12H,3-6,10-11H2,1-2H3. The van der Waals surface area contributed by atoms with Crippen molar-refractivity contribution in [2.45, 2.75) is 51.0 Å². The summed E-state index contributed by atoms with van der Waals surface area (Å²) in [4.78, 5) is 12.7. The molecule has 2 rings (SSSR count). The molecule has 0 heterocycles. The van der Waals surface area contributed by atoms with Crippen molar-refractivity contribution in [1.82, 2.24) is 0 Å². The molecule has 2 heteroatoms. The zero-order valence-corrected chi connectivity index (χ0v) is 11.4. The second-order valence-electron chi connectivity index (χ2n) is 5.31. The van der Waals surface area contributed by atoms with Crippen LogP contribution in [0.3, 0.4) is 0 Å². The van der Waals surface area contributed by atoms with E-state index in [4.69, 9.17) is 4.74 Å².